The fraction of sp³-hybridized carbons (Fsp3) is 0.545. The summed E-state index contributed by atoms with van der Waals surface area (Å²) in [6.45, 7) is 5.11. The second-order valence-corrected chi connectivity index (χ2v) is 4.65. The van der Waals surface area contributed by atoms with E-state index >= 15 is 0 Å². The number of nitrogens with zero attached hydrogens (tertiary/aromatic N) is 3. The minimum absolute atomic E-state index is 0.276. The monoisotopic (exact) mass is 287 g/mol. The number of anilines is 1. The molecule has 0 N–H and O–H groups in total. The average molecular weight is 288 g/mol. The van der Waals surface area contributed by atoms with Gasteiger partial charge in [0.05, 0.1) is 6.20 Å². The van der Waals surface area contributed by atoms with Gasteiger partial charge in [0, 0.05) is 38.1 Å². The molecule has 1 aliphatic heterocycles. The Kier molecular flexibility index (Phi) is 4.12. The van der Waals surface area contributed by atoms with E-state index in [0.717, 1.165) is 43.9 Å². The summed E-state index contributed by atoms with van der Waals surface area (Å²) in [7, 11) is 0. The van der Waals surface area contributed by atoms with Crippen LogP contribution in [0.25, 0.3) is 0 Å². The van der Waals surface area contributed by atoms with Gasteiger partial charge in [0.1, 0.15) is 11.6 Å². The zero-order chi connectivity index (χ0) is 11.4. The number of piperazine rings is 1. The summed E-state index contributed by atoms with van der Waals surface area (Å²) in [5.74, 6) is 0.599. The molecule has 3 nitrogen and oxygen atoms in total. The van der Waals surface area contributed by atoms with Crippen molar-refractivity contribution < 1.29 is 4.39 Å². The van der Waals surface area contributed by atoms with E-state index in [0.29, 0.717) is 0 Å². The van der Waals surface area contributed by atoms with Crippen LogP contribution in [0.2, 0.25) is 0 Å². The molecule has 0 saturated carbocycles. The lowest BCUT2D eigenvalue weighted by Gasteiger charge is -2.35. The molecule has 1 saturated heterocycles. The predicted molar refractivity (Wildman–Crippen MR) is 66.6 cm³/mol. The quantitative estimate of drug-likeness (QED) is 0.790. The highest BCUT2D eigenvalue weighted by molar-refractivity contribution is 9.09. The third-order valence-electron chi connectivity index (χ3n) is 2.81. The van der Waals surface area contributed by atoms with Crippen LogP contribution < -0.4 is 4.90 Å². The van der Waals surface area contributed by atoms with Gasteiger partial charge in [0.15, 0.2) is 0 Å². The van der Waals surface area contributed by atoms with Crippen LogP contribution in [0.3, 0.4) is 0 Å². The Morgan fingerprint density at radius 2 is 2.00 bits per heavy atom. The van der Waals surface area contributed by atoms with E-state index in [1.165, 1.54) is 12.3 Å². The van der Waals surface area contributed by atoms with Crippen LogP contribution >= 0.6 is 15.9 Å². The molecule has 5 heteroatoms. The first-order valence-electron chi connectivity index (χ1n) is 5.44. The highest BCUT2D eigenvalue weighted by atomic mass is 79.9. The van der Waals surface area contributed by atoms with Gasteiger partial charge in [-0.15, -0.1) is 0 Å². The van der Waals surface area contributed by atoms with Crippen molar-refractivity contribution in [3.05, 3.63) is 24.1 Å². The Balaban J connectivity index is 1.91. The number of pyridine rings is 1. The third-order valence-corrected chi connectivity index (χ3v) is 3.16. The molecule has 0 spiro atoms. The van der Waals surface area contributed by atoms with E-state index in [9.17, 15) is 4.39 Å². The lowest BCUT2D eigenvalue weighted by molar-refractivity contribution is 0.273. The Morgan fingerprint density at radius 3 is 2.56 bits per heavy atom. The maximum Gasteiger partial charge on any atom is 0.141 e. The number of alkyl halides is 1. The molecule has 0 bridgehead atoms. The van der Waals surface area contributed by atoms with Crippen molar-refractivity contribution in [2.75, 3.05) is 43.0 Å². The van der Waals surface area contributed by atoms with E-state index in [-0.39, 0.29) is 5.82 Å². The van der Waals surface area contributed by atoms with E-state index in [2.05, 4.69) is 30.7 Å². The first-order valence-corrected chi connectivity index (χ1v) is 6.56. The van der Waals surface area contributed by atoms with Gasteiger partial charge in [0.25, 0.3) is 0 Å². The Hall–Kier alpha value is -0.680. The molecule has 1 fully saturated rings. The molecular weight excluding hydrogens is 273 g/mol. The van der Waals surface area contributed by atoms with Crippen LogP contribution in [0.4, 0.5) is 10.2 Å². The van der Waals surface area contributed by atoms with Gasteiger partial charge < -0.3 is 4.90 Å². The zero-order valence-electron chi connectivity index (χ0n) is 9.07. The average Bonchev–Trinajstić information content (AvgIpc) is 2.32. The summed E-state index contributed by atoms with van der Waals surface area (Å²) >= 11 is 3.44. The van der Waals surface area contributed by atoms with Gasteiger partial charge in [-0.25, -0.2) is 9.37 Å². The summed E-state index contributed by atoms with van der Waals surface area (Å²) in [4.78, 5) is 8.71. The molecule has 0 radical (unpaired) electrons. The molecule has 0 aromatic carbocycles. The van der Waals surface area contributed by atoms with Gasteiger partial charge >= 0.3 is 0 Å². The fourth-order valence-corrected chi connectivity index (χ4v) is 2.38. The molecule has 0 unspecified atom stereocenters. The standard InChI is InChI=1S/C11H15BrFN3/c12-3-4-15-5-7-16(8-6-15)11-2-1-10(13)9-14-11/h1-2,9H,3-8H2. The highest BCUT2D eigenvalue weighted by Gasteiger charge is 2.17. The van der Waals surface area contributed by atoms with Crippen LogP contribution in [-0.4, -0.2) is 47.9 Å². The van der Waals surface area contributed by atoms with Crippen molar-refractivity contribution in [3.8, 4) is 0 Å². The first-order chi connectivity index (χ1) is 7.79. The minimum atomic E-state index is -0.276. The molecule has 88 valence electrons. The molecule has 2 rings (SSSR count). The summed E-state index contributed by atoms with van der Waals surface area (Å²) in [5, 5.41) is 1.02. The van der Waals surface area contributed by atoms with Crippen molar-refractivity contribution in [2.45, 2.75) is 0 Å². The largest absolute Gasteiger partial charge is 0.354 e. The molecule has 2 heterocycles. The van der Waals surface area contributed by atoms with Gasteiger partial charge in [0.2, 0.25) is 0 Å². The SMILES string of the molecule is Fc1ccc(N2CCN(CCBr)CC2)nc1. The summed E-state index contributed by atoms with van der Waals surface area (Å²) < 4.78 is 12.7. The van der Waals surface area contributed by atoms with Crippen LogP contribution in [-0.2, 0) is 0 Å². The maximum absolute atomic E-state index is 12.7. The molecule has 0 atom stereocenters. The summed E-state index contributed by atoms with van der Waals surface area (Å²) in [6.07, 6.45) is 1.28. The number of halogens is 2. The van der Waals surface area contributed by atoms with Gasteiger partial charge in [-0.3, -0.25) is 4.90 Å². The molecule has 1 aromatic heterocycles. The molecule has 16 heavy (non-hydrogen) atoms. The first kappa shape index (κ1) is 11.8. The van der Waals surface area contributed by atoms with Crippen molar-refractivity contribution in [3.63, 3.8) is 0 Å². The molecule has 0 aliphatic carbocycles. The lowest BCUT2D eigenvalue weighted by atomic mass is 10.3. The van der Waals surface area contributed by atoms with Crippen molar-refractivity contribution in [1.29, 1.82) is 0 Å². The van der Waals surface area contributed by atoms with Crippen LogP contribution in [0, 0.1) is 5.82 Å². The van der Waals surface area contributed by atoms with E-state index in [1.807, 2.05) is 0 Å². The highest BCUT2D eigenvalue weighted by Crippen LogP contribution is 2.13. The summed E-state index contributed by atoms with van der Waals surface area (Å²) in [6, 6.07) is 3.21. The lowest BCUT2D eigenvalue weighted by Crippen LogP contribution is -2.47. The van der Waals surface area contributed by atoms with Crippen molar-refractivity contribution >= 4 is 21.7 Å². The Labute approximate surface area is 103 Å². The fourth-order valence-electron chi connectivity index (χ4n) is 1.88. The van der Waals surface area contributed by atoms with Gasteiger partial charge in [-0.05, 0) is 12.1 Å². The van der Waals surface area contributed by atoms with Gasteiger partial charge in [-0.1, -0.05) is 15.9 Å². The Bertz CT molecular complexity index is 323. The molecule has 1 aromatic rings. The zero-order valence-corrected chi connectivity index (χ0v) is 10.7. The second-order valence-electron chi connectivity index (χ2n) is 3.85. The maximum atomic E-state index is 12.7. The van der Waals surface area contributed by atoms with E-state index in [1.54, 1.807) is 6.07 Å². The van der Waals surface area contributed by atoms with E-state index < -0.39 is 0 Å². The topological polar surface area (TPSA) is 19.4 Å². The number of rotatable bonds is 3. The Morgan fingerprint density at radius 1 is 1.25 bits per heavy atom. The van der Waals surface area contributed by atoms with Crippen LogP contribution in [0.15, 0.2) is 18.3 Å². The van der Waals surface area contributed by atoms with Gasteiger partial charge in [-0.2, -0.15) is 0 Å². The number of hydrogen-bond acceptors (Lipinski definition) is 3. The van der Waals surface area contributed by atoms with Crippen molar-refractivity contribution in [1.82, 2.24) is 9.88 Å². The molecular formula is C11H15BrFN3. The van der Waals surface area contributed by atoms with Crippen molar-refractivity contribution in [2.24, 2.45) is 0 Å². The van der Waals surface area contributed by atoms with Crippen LogP contribution in [0.1, 0.15) is 0 Å². The van der Waals surface area contributed by atoms with Crippen LogP contribution in [0.5, 0.6) is 0 Å². The molecule has 0 amide bonds. The minimum Gasteiger partial charge on any atom is -0.354 e. The second kappa shape index (κ2) is 5.59. The summed E-state index contributed by atoms with van der Waals surface area (Å²) in [5.41, 5.74) is 0. The molecule has 1 aliphatic rings. The van der Waals surface area contributed by atoms with E-state index in [4.69, 9.17) is 0 Å². The number of aromatic nitrogens is 1. The normalized spacial score (nSPS) is 17.8. The predicted octanol–water partition coefficient (Wildman–Crippen LogP) is 1.74. The number of hydrogen-bond donors (Lipinski definition) is 0. The smallest absolute Gasteiger partial charge is 0.141 e. The third kappa shape index (κ3) is 2.92.